The molecule has 0 aromatic heterocycles. The van der Waals surface area contributed by atoms with Gasteiger partial charge >= 0.3 is 0 Å². The summed E-state index contributed by atoms with van der Waals surface area (Å²) in [6, 6.07) is 8.92. The average molecular weight is 328 g/mol. The minimum Gasteiger partial charge on any atom is -0.378 e. The molecule has 0 radical (unpaired) electrons. The molecule has 1 aliphatic heterocycles. The van der Waals surface area contributed by atoms with E-state index in [1.165, 1.54) is 5.56 Å². The second-order valence-electron chi connectivity index (χ2n) is 5.30. The SMILES string of the molecule is COC1(CNC(C)Cc2ccc(Br)cc2)CCOC1. The molecule has 1 N–H and O–H groups in total. The molecule has 2 unspecified atom stereocenters. The number of halogens is 1. The van der Waals surface area contributed by atoms with Crippen LogP contribution >= 0.6 is 15.9 Å². The van der Waals surface area contributed by atoms with Gasteiger partial charge in [-0.15, -0.1) is 0 Å². The monoisotopic (exact) mass is 327 g/mol. The van der Waals surface area contributed by atoms with Crippen LogP contribution in [0.25, 0.3) is 0 Å². The maximum atomic E-state index is 5.62. The second-order valence-corrected chi connectivity index (χ2v) is 6.22. The standard InChI is InChI=1S/C15H22BrNO2/c1-12(9-13-3-5-14(16)6-4-13)17-10-15(18-2)7-8-19-11-15/h3-6,12,17H,7-11H2,1-2H3. The Hall–Kier alpha value is -0.420. The number of ether oxygens (including phenoxy) is 2. The molecule has 1 aromatic rings. The van der Waals surface area contributed by atoms with Gasteiger partial charge in [0.05, 0.1) is 6.61 Å². The van der Waals surface area contributed by atoms with Gasteiger partial charge in [-0.1, -0.05) is 28.1 Å². The van der Waals surface area contributed by atoms with E-state index in [0.717, 1.165) is 30.5 Å². The maximum absolute atomic E-state index is 5.62. The predicted octanol–water partition coefficient (Wildman–Crippen LogP) is 2.78. The van der Waals surface area contributed by atoms with E-state index >= 15 is 0 Å². The highest BCUT2D eigenvalue weighted by Crippen LogP contribution is 2.21. The predicted molar refractivity (Wildman–Crippen MR) is 80.5 cm³/mol. The number of nitrogens with one attached hydrogen (secondary N) is 1. The zero-order chi connectivity index (χ0) is 13.7. The van der Waals surface area contributed by atoms with Gasteiger partial charge in [-0.2, -0.15) is 0 Å². The third-order valence-electron chi connectivity index (χ3n) is 3.73. The molecule has 19 heavy (non-hydrogen) atoms. The molecule has 0 saturated carbocycles. The number of hydrogen-bond acceptors (Lipinski definition) is 3. The fourth-order valence-corrected chi connectivity index (χ4v) is 2.63. The molecular weight excluding hydrogens is 306 g/mol. The minimum atomic E-state index is -0.131. The smallest absolute Gasteiger partial charge is 0.106 e. The maximum Gasteiger partial charge on any atom is 0.106 e. The lowest BCUT2D eigenvalue weighted by Gasteiger charge is -2.28. The van der Waals surface area contributed by atoms with Gasteiger partial charge in [0.25, 0.3) is 0 Å². The van der Waals surface area contributed by atoms with E-state index in [2.05, 4.69) is 52.4 Å². The second kappa shape index (κ2) is 6.84. The summed E-state index contributed by atoms with van der Waals surface area (Å²) in [7, 11) is 1.77. The minimum absolute atomic E-state index is 0.131. The van der Waals surface area contributed by atoms with Crippen LogP contribution in [0.5, 0.6) is 0 Å². The largest absolute Gasteiger partial charge is 0.378 e. The van der Waals surface area contributed by atoms with Gasteiger partial charge in [0, 0.05) is 37.2 Å². The Bertz CT molecular complexity index is 388. The van der Waals surface area contributed by atoms with Gasteiger partial charge in [-0.25, -0.2) is 0 Å². The Morgan fingerprint density at radius 1 is 1.42 bits per heavy atom. The van der Waals surface area contributed by atoms with Crippen molar-refractivity contribution in [1.82, 2.24) is 5.32 Å². The Labute approximate surface area is 123 Å². The van der Waals surface area contributed by atoms with E-state index < -0.39 is 0 Å². The van der Waals surface area contributed by atoms with Gasteiger partial charge < -0.3 is 14.8 Å². The van der Waals surface area contributed by atoms with Crippen LogP contribution in [0.15, 0.2) is 28.7 Å². The van der Waals surface area contributed by atoms with E-state index in [-0.39, 0.29) is 5.60 Å². The van der Waals surface area contributed by atoms with Crippen LogP contribution in [0.1, 0.15) is 18.9 Å². The summed E-state index contributed by atoms with van der Waals surface area (Å²) in [4.78, 5) is 0. The molecule has 106 valence electrons. The number of methoxy groups -OCH3 is 1. The number of hydrogen-bond donors (Lipinski definition) is 1. The van der Waals surface area contributed by atoms with Crippen molar-refractivity contribution < 1.29 is 9.47 Å². The summed E-state index contributed by atoms with van der Waals surface area (Å²) in [6.07, 6.45) is 2.00. The molecule has 1 fully saturated rings. The Morgan fingerprint density at radius 2 is 2.16 bits per heavy atom. The van der Waals surface area contributed by atoms with Crippen molar-refractivity contribution in [3.63, 3.8) is 0 Å². The molecule has 3 nitrogen and oxygen atoms in total. The first-order valence-electron chi connectivity index (χ1n) is 6.74. The topological polar surface area (TPSA) is 30.5 Å². The Morgan fingerprint density at radius 3 is 2.74 bits per heavy atom. The zero-order valence-corrected chi connectivity index (χ0v) is 13.2. The van der Waals surface area contributed by atoms with E-state index in [4.69, 9.17) is 9.47 Å². The molecule has 2 atom stereocenters. The van der Waals surface area contributed by atoms with Crippen molar-refractivity contribution in [3.05, 3.63) is 34.3 Å². The molecule has 0 spiro atoms. The molecule has 0 bridgehead atoms. The molecule has 1 aromatic carbocycles. The van der Waals surface area contributed by atoms with Crippen LogP contribution in [-0.2, 0) is 15.9 Å². The summed E-state index contributed by atoms with van der Waals surface area (Å²) in [6.45, 7) is 4.56. The Kier molecular flexibility index (Phi) is 5.39. The summed E-state index contributed by atoms with van der Waals surface area (Å²) in [5.74, 6) is 0. The molecular formula is C15H22BrNO2. The first-order valence-corrected chi connectivity index (χ1v) is 7.54. The van der Waals surface area contributed by atoms with Crippen molar-refractivity contribution in [2.75, 3.05) is 26.9 Å². The molecule has 1 aliphatic rings. The molecule has 0 aliphatic carbocycles. The van der Waals surface area contributed by atoms with Crippen LogP contribution in [0.4, 0.5) is 0 Å². The fraction of sp³-hybridized carbons (Fsp3) is 0.600. The highest BCUT2D eigenvalue weighted by atomic mass is 79.9. The lowest BCUT2D eigenvalue weighted by Crippen LogP contribution is -2.46. The number of rotatable bonds is 6. The highest BCUT2D eigenvalue weighted by molar-refractivity contribution is 9.10. The van der Waals surface area contributed by atoms with E-state index in [0.29, 0.717) is 12.6 Å². The van der Waals surface area contributed by atoms with Gasteiger partial charge in [-0.3, -0.25) is 0 Å². The molecule has 1 heterocycles. The lowest BCUT2D eigenvalue weighted by molar-refractivity contribution is -0.0171. The van der Waals surface area contributed by atoms with Crippen LogP contribution in [-0.4, -0.2) is 38.5 Å². The van der Waals surface area contributed by atoms with Gasteiger partial charge in [0.15, 0.2) is 0 Å². The summed E-state index contributed by atoms with van der Waals surface area (Å²) in [5.41, 5.74) is 1.21. The summed E-state index contributed by atoms with van der Waals surface area (Å²) >= 11 is 3.46. The van der Waals surface area contributed by atoms with Crippen molar-refractivity contribution >= 4 is 15.9 Å². The summed E-state index contributed by atoms with van der Waals surface area (Å²) < 4.78 is 12.2. The first-order chi connectivity index (χ1) is 9.13. The van der Waals surface area contributed by atoms with E-state index in [9.17, 15) is 0 Å². The van der Waals surface area contributed by atoms with Crippen LogP contribution in [0.3, 0.4) is 0 Å². The first kappa shape index (κ1) is 15.0. The average Bonchev–Trinajstić information content (AvgIpc) is 2.89. The molecule has 1 saturated heterocycles. The normalized spacial score (nSPS) is 24.6. The highest BCUT2D eigenvalue weighted by Gasteiger charge is 2.34. The van der Waals surface area contributed by atoms with Crippen LogP contribution in [0, 0.1) is 0 Å². The third kappa shape index (κ3) is 4.28. The van der Waals surface area contributed by atoms with Crippen molar-refractivity contribution in [2.45, 2.75) is 31.4 Å². The van der Waals surface area contributed by atoms with Gasteiger partial charge in [-0.05, 0) is 31.0 Å². The van der Waals surface area contributed by atoms with Gasteiger partial charge in [0.1, 0.15) is 5.60 Å². The summed E-state index contributed by atoms with van der Waals surface area (Å²) in [5, 5.41) is 3.56. The quantitative estimate of drug-likeness (QED) is 0.871. The van der Waals surface area contributed by atoms with Crippen LogP contribution < -0.4 is 5.32 Å². The van der Waals surface area contributed by atoms with E-state index in [1.807, 2.05) is 0 Å². The van der Waals surface area contributed by atoms with Crippen molar-refractivity contribution in [2.24, 2.45) is 0 Å². The fourth-order valence-electron chi connectivity index (χ4n) is 2.37. The van der Waals surface area contributed by atoms with Crippen molar-refractivity contribution in [1.29, 1.82) is 0 Å². The Balaban J connectivity index is 1.81. The van der Waals surface area contributed by atoms with Crippen molar-refractivity contribution in [3.8, 4) is 0 Å². The number of benzene rings is 1. The molecule has 0 amide bonds. The molecule has 2 rings (SSSR count). The zero-order valence-electron chi connectivity index (χ0n) is 11.6. The van der Waals surface area contributed by atoms with Gasteiger partial charge in [0.2, 0.25) is 0 Å². The van der Waals surface area contributed by atoms with E-state index in [1.54, 1.807) is 7.11 Å². The third-order valence-corrected chi connectivity index (χ3v) is 4.26. The van der Waals surface area contributed by atoms with Crippen LogP contribution in [0.2, 0.25) is 0 Å². The lowest BCUT2D eigenvalue weighted by atomic mass is 10.0. The molecule has 4 heteroatoms.